The molecule has 3 amide bonds. The van der Waals surface area contributed by atoms with E-state index in [2.05, 4.69) is 5.32 Å². The molecule has 1 unspecified atom stereocenters. The predicted molar refractivity (Wildman–Crippen MR) is 118 cm³/mol. The third-order valence-corrected chi connectivity index (χ3v) is 5.39. The van der Waals surface area contributed by atoms with Gasteiger partial charge in [0.05, 0.1) is 19.0 Å². The maximum atomic E-state index is 12.9. The Kier molecular flexibility index (Phi) is 6.35. The molecule has 1 aliphatic heterocycles. The van der Waals surface area contributed by atoms with Crippen LogP contribution in [-0.4, -0.2) is 41.1 Å². The summed E-state index contributed by atoms with van der Waals surface area (Å²) in [5, 5.41) is 2.90. The van der Waals surface area contributed by atoms with Gasteiger partial charge in [-0.1, -0.05) is 42.5 Å². The number of likely N-dealkylation sites (N-methyl/N-ethyl adjacent to an activating group) is 1. The normalized spacial score (nSPS) is 14.8. The lowest BCUT2D eigenvalue weighted by atomic mass is 9.93. The van der Waals surface area contributed by atoms with E-state index in [0.717, 1.165) is 27.9 Å². The Balaban J connectivity index is 1.69. The van der Waals surface area contributed by atoms with E-state index in [9.17, 15) is 14.4 Å². The van der Waals surface area contributed by atoms with Crippen molar-refractivity contribution >= 4 is 29.5 Å². The number of nitrogens with zero attached hydrogens (tertiary/aromatic N) is 2. The minimum absolute atomic E-state index is 0.0586. The molecule has 1 N–H and O–H groups in total. The Hall–Kier alpha value is -3.41. The fourth-order valence-electron chi connectivity index (χ4n) is 3.73. The average molecular weight is 405 g/mol. The standard InChI is InChI=1S/C24H27N3O3/c1-16-8-7-9-17(2)24(16)25-22(29)15-26(4)23(30)14-21-20-11-6-5-10-19(20)12-13-27(21)18(3)28/h5-13,21H,14-15H2,1-4H3,(H,25,29). The molecule has 0 saturated heterocycles. The molecule has 1 heterocycles. The second-order valence-electron chi connectivity index (χ2n) is 7.66. The molecule has 6 nitrogen and oxygen atoms in total. The highest BCUT2D eigenvalue weighted by atomic mass is 16.2. The number of rotatable bonds is 5. The highest BCUT2D eigenvalue weighted by molar-refractivity contribution is 5.95. The van der Waals surface area contributed by atoms with Gasteiger partial charge in [-0.2, -0.15) is 0 Å². The van der Waals surface area contributed by atoms with E-state index in [0.29, 0.717) is 0 Å². The first-order chi connectivity index (χ1) is 14.3. The van der Waals surface area contributed by atoms with E-state index in [-0.39, 0.29) is 36.7 Å². The van der Waals surface area contributed by atoms with Crippen LogP contribution < -0.4 is 5.32 Å². The number of anilines is 1. The lowest BCUT2D eigenvalue weighted by molar-refractivity contribution is -0.136. The first kappa shape index (κ1) is 21.3. The summed E-state index contributed by atoms with van der Waals surface area (Å²) in [7, 11) is 1.61. The Bertz CT molecular complexity index is 992. The van der Waals surface area contributed by atoms with Crippen LogP contribution in [-0.2, 0) is 14.4 Å². The van der Waals surface area contributed by atoms with Crippen LogP contribution in [0.3, 0.4) is 0 Å². The van der Waals surface area contributed by atoms with Crippen LogP contribution >= 0.6 is 0 Å². The van der Waals surface area contributed by atoms with Crippen molar-refractivity contribution in [3.8, 4) is 0 Å². The number of carbonyl (C=O) groups is 3. The largest absolute Gasteiger partial charge is 0.336 e. The summed E-state index contributed by atoms with van der Waals surface area (Å²) < 4.78 is 0. The van der Waals surface area contributed by atoms with Gasteiger partial charge in [-0.25, -0.2) is 0 Å². The first-order valence-corrected chi connectivity index (χ1v) is 9.94. The molecule has 0 radical (unpaired) electrons. The topological polar surface area (TPSA) is 69.7 Å². The zero-order valence-corrected chi connectivity index (χ0v) is 17.8. The van der Waals surface area contributed by atoms with Gasteiger partial charge in [0.15, 0.2) is 0 Å². The van der Waals surface area contributed by atoms with Gasteiger partial charge in [0.25, 0.3) is 0 Å². The monoisotopic (exact) mass is 405 g/mol. The second-order valence-corrected chi connectivity index (χ2v) is 7.66. The van der Waals surface area contributed by atoms with Crippen molar-refractivity contribution in [2.45, 2.75) is 33.2 Å². The van der Waals surface area contributed by atoms with Crippen LogP contribution in [0.5, 0.6) is 0 Å². The van der Waals surface area contributed by atoms with Crippen molar-refractivity contribution in [1.82, 2.24) is 9.80 Å². The molecule has 0 aromatic heterocycles. The molecule has 0 saturated carbocycles. The molecule has 0 spiro atoms. The molecular formula is C24H27N3O3. The van der Waals surface area contributed by atoms with Crippen LogP contribution in [0.1, 0.15) is 41.6 Å². The maximum absolute atomic E-state index is 12.9. The average Bonchev–Trinajstić information content (AvgIpc) is 2.70. The maximum Gasteiger partial charge on any atom is 0.243 e. The lowest BCUT2D eigenvalue weighted by Crippen LogP contribution is -2.39. The summed E-state index contributed by atoms with van der Waals surface area (Å²) in [5.74, 6) is -0.586. The van der Waals surface area contributed by atoms with Gasteiger partial charge in [-0.3, -0.25) is 14.4 Å². The summed E-state index contributed by atoms with van der Waals surface area (Å²) in [6, 6.07) is 13.1. The summed E-state index contributed by atoms with van der Waals surface area (Å²) in [6.07, 6.45) is 3.70. The van der Waals surface area contributed by atoms with Gasteiger partial charge in [0.2, 0.25) is 17.7 Å². The molecule has 1 atom stereocenters. The van der Waals surface area contributed by atoms with Gasteiger partial charge in [0.1, 0.15) is 0 Å². The van der Waals surface area contributed by atoms with E-state index in [1.807, 2.05) is 62.4 Å². The predicted octanol–water partition coefficient (Wildman–Crippen LogP) is 3.66. The number of fused-ring (bicyclic) bond motifs is 1. The van der Waals surface area contributed by atoms with Gasteiger partial charge < -0.3 is 15.1 Å². The lowest BCUT2D eigenvalue weighted by Gasteiger charge is -2.33. The van der Waals surface area contributed by atoms with Crippen LogP contribution in [0.15, 0.2) is 48.7 Å². The van der Waals surface area contributed by atoms with Crippen LogP contribution in [0.2, 0.25) is 0 Å². The Morgan fingerprint density at radius 3 is 2.37 bits per heavy atom. The smallest absolute Gasteiger partial charge is 0.243 e. The summed E-state index contributed by atoms with van der Waals surface area (Å²) in [5.41, 5.74) is 4.64. The zero-order valence-electron chi connectivity index (χ0n) is 17.8. The molecule has 3 rings (SSSR count). The quantitative estimate of drug-likeness (QED) is 0.825. The molecule has 0 bridgehead atoms. The summed E-state index contributed by atoms with van der Waals surface area (Å²) in [6.45, 7) is 5.29. The van der Waals surface area contributed by atoms with Crippen molar-refractivity contribution in [2.24, 2.45) is 0 Å². The van der Waals surface area contributed by atoms with E-state index in [4.69, 9.17) is 0 Å². The fraction of sp³-hybridized carbons (Fsp3) is 0.292. The fourth-order valence-corrected chi connectivity index (χ4v) is 3.73. The molecule has 6 heteroatoms. The van der Waals surface area contributed by atoms with Crippen molar-refractivity contribution in [3.63, 3.8) is 0 Å². The van der Waals surface area contributed by atoms with Crippen molar-refractivity contribution in [3.05, 3.63) is 70.9 Å². The number of benzene rings is 2. The molecular weight excluding hydrogens is 378 g/mol. The SMILES string of the molecule is CC(=O)N1C=Cc2ccccc2C1CC(=O)N(C)CC(=O)Nc1c(C)cccc1C. The third-order valence-electron chi connectivity index (χ3n) is 5.39. The molecule has 2 aromatic rings. The number of hydrogen-bond acceptors (Lipinski definition) is 3. The number of aryl methyl sites for hydroxylation is 2. The van der Waals surface area contributed by atoms with Gasteiger partial charge in [-0.15, -0.1) is 0 Å². The number of amides is 3. The highest BCUT2D eigenvalue weighted by Crippen LogP contribution is 2.33. The van der Waals surface area contributed by atoms with E-state index in [1.165, 1.54) is 11.8 Å². The zero-order chi connectivity index (χ0) is 21.8. The molecule has 156 valence electrons. The van der Waals surface area contributed by atoms with Crippen molar-refractivity contribution in [2.75, 3.05) is 18.9 Å². The van der Waals surface area contributed by atoms with Gasteiger partial charge in [0, 0.05) is 25.9 Å². The Morgan fingerprint density at radius 2 is 1.70 bits per heavy atom. The van der Waals surface area contributed by atoms with Crippen molar-refractivity contribution in [1.29, 1.82) is 0 Å². The molecule has 0 fully saturated rings. The Morgan fingerprint density at radius 1 is 1.03 bits per heavy atom. The van der Waals surface area contributed by atoms with E-state index < -0.39 is 0 Å². The van der Waals surface area contributed by atoms with Crippen LogP contribution in [0.25, 0.3) is 6.08 Å². The molecule has 2 aromatic carbocycles. The van der Waals surface area contributed by atoms with Crippen LogP contribution in [0, 0.1) is 13.8 Å². The van der Waals surface area contributed by atoms with Crippen molar-refractivity contribution < 1.29 is 14.4 Å². The van der Waals surface area contributed by atoms with Gasteiger partial charge in [-0.05, 0) is 42.2 Å². The summed E-state index contributed by atoms with van der Waals surface area (Å²) >= 11 is 0. The second kappa shape index (κ2) is 8.95. The number of nitrogens with one attached hydrogen (secondary N) is 1. The van der Waals surface area contributed by atoms with Gasteiger partial charge >= 0.3 is 0 Å². The third kappa shape index (κ3) is 4.59. The first-order valence-electron chi connectivity index (χ1n) is 9.94. The number of carbonyl (C=O) groups excluding carboxylic acids is 3. The number of para-hydroxylation sites is 1. The number of hydrogen-bond donors (Lipinski definition) is 1. The van der Waals surface area contributed by atoms with E-state index in [1.54, 1.807) is 18.1 Å². The molecule has 30 heavy (non-hydrogen) atoms. The highest BCUT2D eigenvalue weighted by Gasteiger charge is 2.29. The minimum atomic E-state index is -0.389. The molecule has 1 aliphatic rings. The van der Waals surface area contributed by atoms with Crippen LogP contribution in [0.4, 0.5) is 5.69 Å². The minimum Gasteiger partial charge on any atom is -0.336 e. The summed E-state index contributed by atoms with van der Waals surface area (Å²) in [4.78, 5) is 40.5. The molecule has 0 aliphatic carbocycles. The van der Waals surface area contributed by atoms with E-state index >= 15 is 0 Å². The Labute approximate surface area is 177 Å².